The molecule has 2 aromatic rings. The fourth-order valence-electron chi connectivity index (χ4n) is 2.03. The number of nitrogens with two attached hydrogens (primary N) is 1. The summed E-state index contributed by atoms with van der Waals surface area (Å²) in [5.74, 6) is 1.09. The summed E-state index contributed by atoms with van der Waals surface area (Å²) in [7, 11) is 0. The van der Waals surface area contributed by atoms with Crippen LogP contribution in [-0.4, -0.2) is 17.4 Å². The highest BCUT2D eigenvalue weighted by Gasteiger charge is 2.20. The Morgan fingerprint density at radius 1 is 1.30 bits per heavy atom. The lowest BCUT2D eigenvalue weighted by Gasteiger charge is -2.22. The van der Waals surface area contributed by atoms with Crippen molar-refractivity contribution in [1.29, 1.82) is 5.41 Å². The van der Waals surface area contributed by atoms with Crippen LogP contribution < -0.4 is 10.5 Å². The Morgan fingerprint density at radius 2 is 2.10 bits per heavy atom. The maximum absolute atomic E-state index is 7.53. The summed E-state index contributed by atoms with van der Waals surface area (Å²) in [6.07, 6.45) is 3.48. The lowest BCUT2D eigenvalue weighted by molar-refractivity contribution is 0.289. The molecule has 0 fully saturated rings. The zero-order valence-corrected chi connectivity index (χ0v) is 12.0. The van der Waals surface area contributed by atoms with Crippen molar-refractivity contribution < 1.29 is 4.74 Å². The average Bonchev–Trinajstić information content (AvgIpc) is 2.43. The van der Waals surface area contributed by atoms with Gasteiger partial charge in [-0.1, -0.05) is 19.9 Å². The van der Waals surface area contributed by atoms with Crippen LogP contribution in [0, 0.1) is 10.8 Å². The minimum absolute atomic E-state index is 0.229. The first-order valence-electron chi connectivity index (χ1n) is 6.82. The van der Waals surface area contributed by atoms with Crippen LogP contribution in [0.1, 0.15) is 26.7 Å². The Morgan fingerprint density at radius 3 is 2.85 bits per heavy atom. The number of ether oxygens (including phenoxy) is 1. The molecule has 2 rings (SSSR count). The molecule has 4 heteroatoms. The van der Waals surface area contributed by atoms with Crippen molar-refractivity contribution in [3.63, 3.8) is 0 Å². The predicted octanol–water partition coefficient (Wildman–Crippen LogP) is 3.36. The van der Waals surface area contributed by atoms with Gasteiger partial charge < -0.3 is 10.5 Å². The molecule has 0 aliphatic carbocycles. The predicted molar refractivity (Wildman–Crippen MR) is 82.2 cm³/mol. The smallest absolute Gasteiger partial charge is 0.128 e. The minimum Gasteiger partial charge on any atom is -0.493 e. The Balaban J connectivity index is 1.95. The van der Waals surface area contributed by atoms with Crippen molar-refractivity contribution >= 4 is 16.7 Å². The molecular formula is C16H21N3O. The molecule has 0 saturated heterocycles. The first-order chi connectivity index (χ1) is 9.50. The van der Waals surface area contributed by atoms with Crippen molar-refractivity contribution in [2.24, 2.45) is 11.1 Å². The number of aromatic nitrogens is 1. The van der Waals surface area contributed by atoms with Crippen LogP contribution in [0.25, 0.3) is 10.9 Å². The van der Waals surface area contributed by atoms with E-state index in [9.17, 15) is 0 Å². The Labute approximate surface area is 119 Å². The average molecular weight is 271 g/mol. The fourth-order valence-corrected chi connectivity index (χ4v) is 2.03. The highest BCUT2D eigenvalue weighted by atomic mass is 16.5. The van der Waals surface area contributed by atoms with Crippen LogP contribution in [0.2, 0.25) is 0 Å². The second-order valence-corrected chi connectivity index (χ2v) is 5.58. The lowest BCUT2D eigenvalue weighted by atomic mass is 9.87. The number of pyridine rings is 1. The lowest BCUT2D eigenvalue weighted by Crippen LogP contribution is -2.31. The van der Waals surface area contributed by atoms with Crippen molar-refractivity contribution in [3.8, 4) is 5.75 Å². The van der Waals surface area contributed by atoms with Gasteiger partial charge in [-0.3, -0.25) is 10.4 Å². The molecule has 1 aromatic carbocycles. The molecule has 3 N–H and O–H groups in total. The summed E-state index contributed by atoms with van der Waals surface area (Å²) in [5.41, 5.74) is 6.25. The fraction of sp³-hybridized carbons (Fsp3) is 0.375. The summed E-state index contributed by atoms with van der Waals surface area (Å²) < 4.78 is 5.84. The van der Waals surface area contributed by atoms with Crippen LogP contribution in [0.15, 0.2) is 36.5 Å². The number of fused-ring (bicyclic) bond motifs is 1. The van der Waals surface area contributed by atoms with Gasteiger partial charge in [-0.25, -0.2) is 0 Å². The zero-order valence-electron chi connectivity index (χ0n) is 12.0. The minimum atomic E-state index is -0.260. The van der Waals surface area contributed by atoms with E-state index in [0.29, 0.717) is 6.61 Å². The number of hydrogen-bond acceptors (Lipinski definition) is 3. The standard InChI is InChI=1S/C16H21N3O/c1-16(2,15(17)18)9-5-11-20-14-8-3-7-13-12(14)6-4-10-19-13/h3-4,6-8,10H,5,9,11H2,1-2H3,(H3,17,18). The molecule has 0 aliphatic rings. The van der Waals surface area contributed by atoms with Gasteiger partial charge in [0, 0.05) is 17.0 Å². The Kier molecular flexibility index (Phi) is 4.23. The van der Waals surface area contributed by atoms with E-state index >= 15 is 0 Å². The highest BCUT2D eigenvalue weighted by Crippen LogP contribution is 2.25. The molecule has 0 atom stereocenters. The molecule has 1 aromatic heterocycles. The zero-order chi connectivity index (χ0) is 14.6. The molecule has 0 radical (unpaired) electrons. The molecule has 0 bridgehead atoms. The van der Waals surface area contributed by atoms with Crippen LogP contribution in [-0.2, 0) is 0 Å². The van der Waals surface area contributed by atoms with Crippen molar-refractivity contribution in [1.82, 2.24) is 4.98 Å². The SMILES string of the molecule is CC(C)(CCCOc1cccc2ncccc12)C(=N)N. The van der Waals surface area contributed by atoms with E-state index in [-0.39, 0.29) is 11.3 Å². The van der Waals surface area contributed by atoms with Gasteiger partial charge in [0.05, 0.1) is 18.0 Å². The van der Waals surface area contributed by atoms with Crippen molar-refractivity contribution in [2.75, 3.05) is 6.61 Å². The normalized spacial score (nSPS) is 11.5. The summed E-state index contributed by atoms with van der Waals surface area (Å²) >= 11 is 0. The van der Waals surface area contributed by atoms with E-state index in [2.05, 4.69) is 4.98 Å². The third-order valence-corrected chi connectivity index (χ3v) is 3.54. The van der Waals surface area contributed by atoms with E-state index in [1.54, 1.807) is 6.20 Å². The number of rotatable bonds is 6. The van der Waals surface area contributed by atoms with Gasteiger partial charge in [0.2, 0.25) is 0 Å². The van der Waals surface area contributed by atoms with Crippen molar-refractivity contribution in [2.45, 2.75) is 26.7 Å². The maximum Gasteiger partial charge on any atom is 0.128 e. The second kappa shape index (κ2) is 5.90. The van der Waals surface area contributed by atoms with Crippen LogP contribution >= 0.6 is 0 Å². The van der Waals surface area contributed by atoms with Gasteiger partial charge in [0.15, 0.2) is 0 Å². The molecule has 0 amide bonds. The number of nitrogens with zero attached hydrogens (tertiary/aromatic N) is 1. The van der Waals surface area contributed by atoms with Gasteiger partial charge in [-0.15, -0.1) is 0 Å². The van der Waals surface area contributed by atoms with Crippen molar-refractivity contribution in [3.05, 3.63) is 36.5 Å². The van der Waals surface area contributed by atoms with Gasteiger partial charge in [-0.05, 0) is 37.1 Å². The molecule has 106 valence electrons. The van der Waals surface area contributed by atoms with E-state index in [0.717, 1.165) is 29.5 Å². The topological polar surface area (TPSA) is 72.0 Å². The summed E-state index contributed by atoms with van der Waals surface area (Å²) in [5, 5.41) is 8.56. The summed E-state index contributed by atoms with van der Waals surface area (Å²) in [6.45, 7) is 4.58. The molecule has 0 saturated carbocycles. The molecule has 0 spiro atoms. The third kappa shape index (κ3) is 3.26. The first kappa shape index (κ1) is 14.3. The summed E-state index contributed by atoms with van der Waals surface area (Å²) in [4.78, 5) is 4.31. The van der Waals surface area contributed by atoms with Gasteiger partial charge in [0.1, 0.15) is 5.75 Å². The Bertz CT molecular complexity index is 602. The number of hydrogen-bond donors (Lipinski definition) is 2. The number of amidine groups is 1. The monoisotopic (exact) mass is 271 g/mol. The molecule has 1 heterocycles. The van der Waals surface area contributed by atoms with Gasteiger partial charge in [0.25, 0.3) is 0 Å². The largest absolute Gasteiger partial charge is 0.493 e. The van der Waals surface area contributed by atoms with Gasteiger partial charge in [-0.2, -0.15) is 0 Å². The number of benzene rings is 1. The molecule has 0 unspecified atom stereocenters. The van der Waals surface area contributed by atoms with Crippen LogP contribution in [0.3, 0.4) is 0 Å². The third-order valence-electron chi connectivity index (χ3n) is 3.54. The molecule has 20 heavy (non-hydrogen) atoms. The quantitative estimate of drug-likeness (QED) is 0.481. The second-order valence-electron chi connectivity index (χ2n) is 5.58. The molecule has 0 aliphatic heterocycles. The summed E-state index contributed by atoms with van der Waals surface area (Å²) in [6, 6.07) is 9.80. The number of nitrogens with one attached hydrogen (secondary N) is 1. The van der Waals surface area contributed by atoms with E-state index in [4.69, 9.17) is 15.9 Å². The first-order valence-corrected chi connectivity index (χ1v) is 6.82. The van der Waals surface area contributed by atoms with Crippen LogP contribution in [0.5, 0.6) is 5.75 Å². The van der Waals surface area contributed by atoms with Gasteiger partial charge >= 0.3 is 0 Å². The maximum atomic E-state index is 7.53. The Hall–Kier alpha value is -2.10. The van der Waals surface area contributed by atoms with E-state index in [1.807, 2.05) is 44.2 Å². The van der Waals surface area contributed by atoms with Crippen LogP contribution in [0.4, 0.5) is 0 Å². The highest BCUT2D eigenvalue weighted by molar-refractivity contribution is 5.84. The molecule has 4 nitrogen and oxygen atoms in total. The van der Waals surface area contributed by atoms with E-state index < -0.39 is 0 Å². The van der Waals surface area contributed by atoms with E-state index in [1.165, 1.54) is 0 Å². The molecular weight excluding hydrogens is 250 g/mol.